The van der Waals surface area contributed by atoms with E-state index in [0.717, 1.165) is 6.42 Å². The van der Waals surface area contributed by atoms with Crippen molar-refractivity contribution >= 4 is 15.5 Å². The van der Waals surface area contributed by atoms with Gasteiger partial charge in [-0.15, -0.1) is 0 Å². The molecule has 0 bridgehead atoms. The molecule has 0 saturated carbocycles. The quantitative estimate of drug-likeness (QED) is 0.847. The second-order valence-corrected chi connectivity index (χ2v) is 5.64. The fraction of sp³-hybridized carbons (Fsp3) is 0.500. The lowest BCUT2D eigenvalue weighted by Gasteiger charge is -2.09. The van der Waals surface area contributed by atoms with Crippen molar-refractivity contribution in [2.75, 3.05) is 11.5 Å². The van der Waals surface area contributed by atoms with Crippen LogP contribution in [0.3, 0.4) is 0 Å². The van der Waals surface area contributed by atoms with E-state index in [2.05, 4.69) is 4.98 Å². The summed E-state index contributed by atoms with van der Waals surface area (Å²) >= 11 is 0. The van der Waals surface area contributed by atoms with Crippen LogP contribution in [-0.2, 0) is 9.84 Å². The lowest BCUT2D eigenvalue weighted by atomic mass is 10.2. The van der Waals surface area contributed by atoms with E-state index < -0.39 is 9.84 Å². The highest BCUT2D eigenvalue weighted by Gasteiger charge is 2.21. The van der Waals surface area contributed by atoms with Crippen LogP contribution in [0.1, 0.15) is 20.3 Å². The number of nitrogen functional groups attached to an aromatic ring is 1. The summed E-state index contributed by atoms with van der Waals surface area (Å²) in [6.07, 6.45) is 2.27. The summed E-state index contributed by atoms with van der Waals surface area (Å²) < 4.78 is 23.8. The molecule has 1 atom stereocenters. The topological polar surface area (TPSA) is 73.0 Å². The van der Waals surface area contributed by atoms with Gasteiger partial charge in [-0.05, 0) is 18.1 Å². The third kappa shape index (κ3) is 2.92. The van der Waals surface area contributed by atoms with Crippen LogP contribution in [0.25, 0.3) is 0 Å². The van der Waals surface area contributed by atoms with Gasteiger partial charge in [0, 0.05) is 6.20 Å². The van der Waals surface area contributed by atoms with Gasteiger partial charge in [0.05, 0.1) is 11.4 Å². The Kier molecular flexibility index (Phi) is 3.68. The molecule has 5 heteroatoms. The Morgan fingerprint density at radius 2 is 2.20 bits per heavy atom. The Labute approximate surface area is 90.4 Å². The second-order valence-electron chi connectivity index (χ2n) is 3.69. The standard InChI is InChI=1S/C10H16N2O2S/c1-3-8(2)7-15(13,14)10-9(11)5-4-6-12-10/h4-6,8H,3,7,11H2,1-2H3. The van der Waals surface area contributed by atoms with Gasteiger partial charge < -0.3 is 5.73 Å². The molecule has 0 fully saturated rings. The second kappa shape index (κ2) is 4.61. The molecule has 1 aromatic heterocycles. The Bertz CT molecular complexity index is 429. The summed E-state index contributed by atoms with van der Waals surface area (Å²) in [6, 6.07) is 3.17. The van der Waals surface area contributed by atoms with Gasteiger partial charge in [0.25, 0.3) is 0 Å². The van der Waals surface area contributed by atoms with E-state index in [9.17, 15) is 8.42 Å². The first kappa shape index (κ1) is 12.0. The van der Waals surface area contributed by atoms with Crippen molar-refractivity contribution < 1.29 is 8.42 Å². The van der Waals surface area contributed by atoms with Crippen molar-refractivity contribution in [3.05, 3.63) is 18.3 Å². The minimum atomic E-state index is -3.34. The van der Waals surface area contributed by atoms with Crippen LogP contribution in [0.4, 0.5) is 5.69 Å². The van der Waals surface area contributed by atoms with Crippen molar-refractivity contribution in [3.8, 4) is 0 Å². The largest absolute Gasteiger partial charge is 0.396 e. The van der Waals surface area contributed by atoms with Crippen LogP contribution in [0.5, 0.6) is 0 Å². The van der Waals surface area contributed by atoms with E-state index in [1.807, 2.05) is 13.8 Å². The molecule has 0 radical (unpaired) electrons. The third-order valence-corrected chi connectivity index (χ3v) is 4.23. The number of sulfone groups is 1. The minimum absolute atomic E-state index is 0.00491. The Balaban J connectivity index is 3.02. The number of aromatic nitrogens is 1. The normalized spacial score (nSPS) is 13.7. The Morgan fingerprint density at radius 3 is 2.73 bits per heavy atom. The van der Waals surface area contributed by atoms with E-state index >= 15 is 0 Å². The van der Waals surface area contributed by atoms with Gasteiger partial charge in [-0.1, -0.05) is 20.3 Å². The van der Waals surface area contributed by atoms with Crippen LogP contribution in [-0.4, -0.2) is 19.2 Å². The van der Waals surface area contributed by atoms with Crippen molar-refractivity contribution in [3.63, 3.8) is 0 Å². The zero-order valence-electron chi connectivity index (χ0n) is 8.97. The molecule has 0 amide bonds. The number of hydrogen-bond acceptors (Lipinski definition) is 4. The number of nitrogens with zero attached hydrogens (tertiary/aromatic N) is 1. The molecule has 1 unspecified atom stereocenters. The Hall–Kier alpha value is -1.10. The van der Waals surface area contributed by atoms with Crippen LogP contribution in [0.15, 0.2) is 23.4 Å². The summed E-state index contributed by atoms with van der Waals surface area (Å²) in [7, 11) is -3.34. The molecule has 1 rings (SSSR count). The summed E-state index contributed by atoms with van der Waals surface area (Å²) in [6.45, 7) is 3.86. The average molecular weight is 228 g/mol. The number of rotatable bonds is 4. The summed E-state index contributed by atoms with van der Waals surface area (Å²) in [5.74, 6) is 0.224. The van der Waals surface area contributed by atoms with Crippen molar-refractivity contribution in [2.24, 2.45) is 5.92 Å². The van der Waals surface area contributed by atoms with Crippen LogP contribution < -0.4 is 5.73 Å². The van der Waals surface area contributed by atoms with Gasteiger partial charge in [0.1, 0.15) is 0 Å². The smallest absolute Gasteiger partial charge is 0.197 e. The molecule has 4 nitrogen and oxygen atoms in total. The molecule has 1 aromatic rings. The monoisotopic (exact) mass is 228 g/mol. The highest BCUT2D eigenvalue weighted by atomic mass is 32.2. The first-order valence-corrected chi connectivity index (χ1v) is 6.56. The van der Waals surface area contributed by atoms with Gasteiger partial charge in [-0.3, -0.25) is 0 Å². The number of hydrogen-bond donors (Lipinski definition) is 1. The highest BCUT2D eigenvalue weighted by molar-refractivity contribution is 7.91. The minimum Gasteiger partial charge on any atom is -0.396 e. The number of nitrogens with two attached hydrogens (primary N) is 1. The van der Waals surface area contributed by atoms with E-state index in [4.69, 9.17) is 5.73 Å². The zero-order chi connectivity index (χ0) is 11.5. The molecule has 84 valence electrons. The van der Waals surface area contributed by atoms with E-state index in [-0.39, 0.29) is 22.4 Å². The van der Waals surface area contributed by atoms with Gasteiger partial charge in [0.15, 0.2) is 14.9 Å². The van der Waals surface area contributed by atoms with Gasteiger partial charge >= 0.3 is 0 Å². The van der Waals surface area contributed by atoms with Crippen molar-refractivity contribution in [1.29, 1.82) is 0 Å². The van der Waals surface area contributed by atoms with E-state index in [1.54, 1.807) is 12.1 Å². The van der Waals surface area contributed by atoms with Crippen molar-refractivity contribution in [2.45, 2.75) is 25.3 Å². The molecule has 15 heavy (non-hydrogen) atoms. The SMILES string of the molecule is CCC(C)CS(=O)(=O)c1ncccc1N. The van der Waals surface area contributed by atoms with E-state index in [0.29, 0.717) is 0 Å². The summed E-state index contributed by atoms with van der Waals surface area (Å²) in [5, 5.41) is 0.00491. The third-order valence-electron chi connectivity index (χ3n) is 2.30. The predicted octanol–water partition coefficient (Wildman–Crippen LogP) is 1.48. The molecule has 0 aliphatic carbocycles. The fourth-order valence-electron chi connectivity index (χ4n) is 1.23. The molecule has 0 aliphatic heterocycles. The Morgan fingerprint density at radius 1 is 1.53 bits per heavy atom. The molecule has 0 spiro atoms. The maximum absolute atomic E-state index is 11.9. The summed E-state index contributed by atoms with van der Waals surface area (Å²) in [4.78, 5) is 3.82. The first-order valence-electron chi connectivity index (χ1n) is 4.90. The number of pyridine rings is 1. The van der Waals surface area contributed by atoms with Crippen LogP contribution >= 0.6 is 0 Å². The summed E-state index contributed by atoms with van der Waals surface area (Å²) in [5.41, 5.74) is 5.81. The molecule has 0 saturated heterocycles. The molecule has 2 N–H and O–H groups in total. The number of anilines is 1. The lowest BCUT2D eigenvalue weighted by molar-refractivity contribution is 0.561. The van der Waals surface area contributed by atoms with Crippen LogP contribution in [0, 0.1) is 5.92 Å². The lowest BCUT2D eigenvalue weighted by Crippen LogP contribution is -2.16. The van der Waals surface area contributed by atoms with Crippen molar-refractivity contribution in [1.82, 2.24) is 4.98 Å². The van der Waals surface area contributed by atoms with Crippen LogP contribution in [0.2, 0.25) is 0 Å². The highest BCUT2D eigenvalue weighted by Crippen LogP contribution is 2.18. The molecule has 0 aliphatic rings. The van der Waals surface area contributed by atoms with Gasteiger partial charge in [-0.25, -0.2) is 13.4 Å². The van der Waals surface area contributed by atoms with Gasteiger partial charge in [-0.2, -0.15) is 0 Å². The first-order chi connectivity index (χ1) is 6.97. The molecule has 1 heterocycles. The van der Waals surface area contributed by atoms with Gasteiger partial charge in [0.2, 0.25) is 0 Å². The average Bonchev–Trinajstić information content (AvgIpc) is 2.17. The molecule has 0 aromatic carbocycles. The maximum atomic E-state index is 11.9. The zero-order valence-corrected chi connectivity index (χ0v) is 9.79. The molecular weight excluding hydrogens is 212 g/mol. The fourth-order valence-corrected chi connectivity index (χ4v) is 3.03. The van der Waals surface area contributed by atoms with E-state index in [1.165, 1.54) is 6.20 Å². The molecular formula is C10H16N2O2S. The predicted molar refractivity (Wildman–Crippen MR) is 60.2 cm³/mol. The maximum Gasteiger partial charge on any atom is 0.197 e.